The van der Waals surface area contributed by atoms with Crippen molar-refractivity contribution in [1.82, 2.24) is 0 Å². The average Bonchev–Trinajstić information content (AvgIpc) is 2.48. The number of hydrogen-bond acceptors (Lipinski definition) is 3. The SMILES string of the molecule is CC(C)[CH]OOC(=O)c1cccc(-c2ccccc2)c1. The van der Waals surface area contributed by atoms with Crippen LogP contribution in [0.4, 0.5) is 0 Å². The van der Waals surface area contributed by atoms with Crippen LogP contribution in [0.15, 0.2) is 54.6 Å². The number of carbonyl (C=O) groups is 1. The fourth-order valence-corrected chi connectivity index (χ4v) is 1.69. The molecule has 0 aliphatic heterocycles. The van der Waals surface area contributed by atoms with Crippen molar-refractivity contribution < 1.29 is 14.6 Å². The molecule has 0 spiro atoms. The molecule has 0 saturated carbocycles. The van der Waals surface area contributed by atoms with Gasteiger partial charge in [0.2, 0.25) is 0 Å². The number of benzene rings is 2. The summed E-state index contributed by atoms with van der Waals surface area (Å²) in [6, 6.07) is 17.1. The van der Waals surface area contributed by atoms with E-state index in [9.17, 15) is 4.79 Å². The highest BCUT2D eigenvalue weighted by atomic mass is 17.2. The Balaban J connectivity index is 2.08. The summed E-state index contributed by atoms with van der Waals surface area (Å²) < 4.78 is 0. The van der Waals surface area contributed by atoms with Gasteiger partial charge in [-0.25, -0.2) is 4.79 Å². The maximum Gasteiger partial charge on any atom is 0.373 e. The van der Waals surface area contributed by atoms with Gasteiger partial charge in [-0.1, -0.05) is 56.3 Å². The molecular weight excluding hydrogens is 252 g/mol. The van der Waals surface area contributed by atoms with Gasteiger partial charge < -0.3 is 0 Å². The van der Waals surface area contributed by atoms with E-state index in [1.54, 1.807) is 12.1 Å². The summed E-state index contributed by atoms with van der Waals surface area (Å²) in [5, 5.41) is 0. The third-order valence-corrected chi connectivity index (χ3v) is 2.66. The van der Waals surface area contributed by atoms with Crippen LogP contribution in [0, 0.1) is 12.5 Å². The summed E-state index contributed by atoms with van der Waals surface area (Å²) in [5.41, 5.74) is 2.48. The van der Waals surface area contributed by atoms with Crippen molar-refractivity contribution in [2.24, 2.45) is 5.92 Å². The van der Waals surface area contributed by atoms with Crippen molar-refractivity contribution in [3.8, 4) is 11.1 Å². The maximum atomic E-state index is 11.8. The highest BCUT2D eigenvalue weighted by Gasteiger charge is 2.10. The minimum Gasteiger partial charge on any atom is -0.292 e. The molecule has 0 unspecified atom stereocenters. The smallest absolute Gasteiger partial charge is 0.292 e. The first-order chi connectivity index (χ1) is 9.66. The minimum atomic E-state index is -0.500. The summed E-state index contributed by atoms with van der Waals surface area (Å²) in [5.74, 6) is -0.307. The van der Waals surface area contributed by atoms with Crippen LogP contribution in [0.5, 0.6) is 0 Å². The standard InChI is InChI=1S/C17H17O3/c1-13(2)12-19-20-17(18)16-10-6-9-15(11-16)14-7-4-3-5-8-14/h3-13H,1-2H3. The van der Waals surface area contributed by atoms with Crippen molar-refractivity contribution in [2.45, 2.75) is 13.8 Å². The Morgan fingerprint density at radius 3 is 2.40 bits per heavy atom. The van der Waals surface area contributed by atoms with Gasteiger partial charge in [-0.05, 0) is 29.2 Å². The molecule has 1 radical (unpaired) electrons. The van der Waals surface area contributed by atoms with E-state index < -0.39 is 5.97 Å². The third-order valence-electron chi connectivity index (χ3n) is 2.66. The average molecular weight is 269 g/mol. The second kappa shape index (κ2) is 6.87. The van der Waals surface area contributed by atoms with Crippen molar-refractivity contribution in [2.75, 3.05) is 0 Å². The van der Waals surface area contributed by atoms with Gasteiger partial charge in [0.25, 0.3) is 0 Å². The molecule has 0 aliphatic carbocycles. The fourth-order valence-electron chi connectivity index (χ4n) is 1.69. The topological polar surface area (TPSA) is 35.5 Å². The van der Waals surface area contributed by atoms with E-state index in [1.165, 1.54) is 6.61 Å². The van der Waals surface area contributed by atoms with Gasteiger partial charge in [0.05, 0.1) is 5.56 Å². The number of rotatable bonds is 5. The lowest BCUT2D eigenvalue weighted by atomic mass is 10.0. The van der Waals surface area contributed by atoms with E-state index in [1.807, 2.05) is 56.3 Å². The van der Waals surface area contributed by atoms with Crippen molar-refractivity contribution in [3.63, 3.8) is 0 Å². The zero-order valence-corrected chi connectivity index (χ0v) is 11.6. The molecule has 0 fully saturated rings. The number of carbonyl (C=O) groups excluding carboxylic acids is 1. The predicted molar refractivity (Wildman–Crippen MR) is 77.5 cm³/mol. The van der Waals surface area contributed by atoms with Crippen LogP contribution in [-0.4, -0.2) is 5.97 Å². The molecule has 0 aromatic heterocycles. The lowest BCUT2D eigenvalue weighted by molar-refractivity contribution is -0.217. The second-order valence-electron chi connectivity index (χ2n) is 4.79. The quantitative estimate of drug-likeness (QED) is 0.601. The van der Waals surface area contributed by atoms with E-state index in [4.69, 9.17) is 9.78 Å². The van der Waals surface area contributed by atoms with E-state index in [2.05, 4.69) is 0 Å². The summed E-state index contributed by atoms with van der Waals surface area (Å²) in [6.45, 7) is 5.34. The lowest BCUT2D eigenvalue weighted by Gasteiger charge is -2.06. The first kappa shape index (κ1) is 14.3. The van der Waals surface area contributed by atoms with Crippen molar-refractivity contribution >= 4 is 5.97 Å². The molecule has 3 heteroatoms. The largest absolute Gasteiger partial charge is 0.373 e. The molecule has 2 aromatic rings. The van der Waals surface area contributed by atoms with Gasteiger partial charge >= 0.3 is 5.97 Å². The second-order valence-corrected chi connectivity index (χ2v) is 4.79. The van der Waals surface area contributed by atoms with Gasteiger partial charge in [0, 0.05) is 0 Å². The van der Waals surface area contributed by atoms with Gasteiger partial charge in [0.15, 0.2) is 0 Å². The molecule has 0 heterocycles. The molecule has 0 amide bonds. The molecule has 3 nitrogen and oxygen atoms in total. The van der Waals surface area contributed by atoms with Crippen LogP contribution in [0.25, 0.3) is 11.1 Å². The molecule has 103 valence electrons. The molecule has 20 heavy (non-hydrogen) atoms. The summed E-state index contributed by atoms with van der Waals surface area (Å²) in [6.07, 6.45) is 0. The third kappa shape index (κ3) is 3.93. The van der Waals surface area contributed by atoms with Crippen molar-refractivity contribution in [1.29, 1.82) is 0 Å². The first-order valence-electron chi connectivity index (χ1n) is 6.53. The minimum absolute atomic E-state index is 0.193. The Kier molecular flexibility index (Phi) is 4.91. The monoisotopic (exact) mass is 269 g/mol. The molecule has 2 aromatic carbocycles. The van der Waals surface area contributed by atoms with E-state index in [0.717, 1.165) is 11.1 Å². The molecule has 0 atom stereocenters. The molecule has 2 rings (SSSR count). The Labute approximate surface area is 119 Å². The van der Waals surface area contributed by atoms with E-state index in [-0.39, 0.29) is 5.92 Å². The van der Waals surface area contributed by atoms with Gasteiger partial charge in [0.1, 0.15) is 6.61 Å². The van der Waals surface area contributed by atoms with Crippen LogP contribution >= 0.6 is 0 Å². The summed E-state index contributed by atoms with van der Waals surface area (Å²) in [7, 11) is 0. The Morgan fingerprint density at radius 1 is 1.00 bits per heavy atom. The Morgan fingerprint density at radius 2 is 1.70 bits per heavy atom. The van der Waals surface area contributed by atoms with Gasteiger partial charge in [-0.3, -0.25) is 4.89 Å². The Hall–Kier alpha value is -2.13. The van der Waals surface area contributed by atoms with Crippen LogP contribution < -0.4 is 0 Å². The van der Waals surface area contributed by atoms with E-state index >= 15 is 0 Å². The van der Waals surface area contributed by atoms with Crippen LogP contribution in [0.2, 0.25) is 0 Å². The predicted octanol–water partition coefficient (Wildman–Crippen LogP) is 4.26. The highest BCUT2D eigenvalue weighted by Crippen LogP contribution is 2.20. The van der Waals surface area contributed by atoms with Crippen molar-refractivity contribution in [3.05, 3.63) is 66.8 Å². The molecular formula is C17H17O3. The van der Waals surface area contributed by atoms with Crippen LogP contribution in [0.3, 0.4) is 0 Å². The zero-order valence-electron chi connectivity index (χ0n) is 11.6. The van der Waals surface area contributed by atoms with Gasteiger partial charge in [-0.2, -0.15) is 4.89 Å². The van der Waals surface area contributed by atoms with E-state index in [0.29, 0.717) is 5.56 Å². The zero-order chi connectivity index (χ0) is 14.4. The van der Waals surface area contributed by atoms with Crippen LogP contribution in [-0.2, 0) is 9.78 Å². The normalized spacial score (nSPS) is 10.6. The number of hydrogen-bond donors (Lipinski definition) is 0. The highest BCUT2D eigenvalue weighted by molar-refractivity contribution is 5.90. The first-order valence-corrected chi connectivity index (χ1v) is 6.53. The van der Waals surface area contributed by atoms with Gasteiger partial charge in [-0.15, -0.1) is 0 Å². The molecule has 0 aliphatic rings. The summed E-state index contributed by atoms with van der Waals surface area (Å²) >= 11 is 0. The fraction of sp³-hybridized carbons (Fsp3) is 0.176. The maximum absolute atomic E-state index is 11.8. The molecule has 0 N–H and O–H groups in total. The molecule has 0 saturated heterocycles. The van der Waals surface area contributed by atoms with Crippen LogP contribution in [0.1, 0.15) is 24.2 Å². The Bertz CT molecular complexity index is 561. The molecule has 0 bridgehead atoms. The lowest BCUT2D eigenvalue weighted by Crippen LogP contribution is -2.06. The summed E-state index contributed by atoms with van der Waals surface area (Å²) in [4.78, 5) is 21.4.